The Morgan fingerprint density at radius 3 is 2.37 bits per heavy atom. The van der Waals surface area contributed by atoms with Crippen LogP contribution in [0, 0.1) is 20.8 Å². The molecule has 0 radical (unpaired) electrons. The number of carbonyl (C=O) groups excluding carboxylic acids is 1. The quantitative estimate of drug-likeness (QED) is 0.791. The fourth-order valence-corrected chi connectivity index (χ4v) is 2.54. The first kappa shape index (κ1) is 13.8. The third kappa shape index (κ3) is 3.24. The topological polar surface area (TPSA) is 43.1 Å². The van der Waals surface area contributed by atoms with Gasteiger partial charge in [0.1, 0.15) is 5.76 Å². The van der Waals surface area contributed by atoms with E-state index >= 15 is 0 Å². The van der Waals surface area contributed by atoms with Crippen LogP contribution in [-0.4, -0.2) is 10.9 Å². The lowest BCUT2D eigenvalue weighted by atomic mass is 9.94. The fraction of sp³-hybridized carbons (Fsp3) is 0.333. The van der Waals surface area contributed by atoms with Crippen LogP contribution in [0.25, 0.3) is 0 Å². The van der Waals surface area contributed by atoms with Crippen LogP contribution in [0.5, 0.6) is 0 Å². The Kier molecular flexibility index (Phi) is 4.05. The van der Waals surface area contributed by atoms with Crippen molar-refractivity contribution in [2.24, 2.45) is 0 Å². The Labute approximate surface area is 117 Å². The molecule has 0 spiro atoms. The largest absolute Gasteiger partial charge is 0.360 e. The van der Waals surface area contributed by atoms with E-state index in [2.05, 4.69) is 5.16 Å². The average Bonchev–Trinajstić information content (AvgIpc) is 2.71. The molecule has 0 unspecified atom stereocenters. The predicted octanol–water partition coefficient (Wildman–Crippen LogP) is 4.07. The Hall–Kier alpha value is -1.61. The fourth-order valence-electron chi connectivity index (χ4n) is 2.39. The predicted molar refractivity (Wildman–Crippen MR) is 74.8 cm³/mol. The normalized spacial score (nSPS) is 10.7. The first-order valence-corrected chi connectivity index (χ1v) is 6.57. The summed E-state index contributed by atoms with van der Waals surface area (Å²) in [5.41, 5.74) is 4.04. The van der Waals surface area contributed by atoms with Crippen molar-refractivity contribution in [3.05, 3.63) is 51.4 Å². The van der Waals surface area contributed by atoms with Crippen molar-refractivity contribution in [1.82, 2.24) is 5.16 Å². The van der Waals surface area contributed by atoms with Crippen LogP contribution < -0.4 is 0 Å². The van der Waals surface area contributed by atoms with Gasteiger partial charge in [0.25, 0.3) is 0 Å². The Morgan fingerprint density at radius 2 is 1.84 bits per heavy atom. The number of aryl methyl sites for hydroxylation is 4. The molecule has 2 rings (SSSR count). The summed E-state index contributed by atoms with van der Waals surface area (Å²) in [6.45, 7) is 5.97. The molecular weight excluding hydrogens is 262 g/mol. The molecule has 0 aliphatic heterocycles. The third-order valence-electron chi connectivity index (χ3n) is 3.08. The zero-order valence-corrected chi connectivity index (χ0v) is 12.0. The summed E-state index contributed by atoms with van der Waals surface area (Å²) < 4.78 is 5.00. The summed E-state index contributed by atoms with van der Waals surface area (Å²) in [6.07, 6.45) is 0.918. The van der Waals surface area contributed by atoms with Crippen molar-refractivity contribution in [1.29, 1.82) is 0 Å². The SMILES string of the molecule is Cc1cc(C)c(C(=O)CCc2cc(Cl)no2)c(C)c1. The molecule has 0 bridgehead atoms. The summed E-state index contributed by atoms with van der Waals surface area (Å²) in [4.78, 5) is 12.3. The number of benzene rings is 1. The summed E-state index contributed by atoms with van der Waals surface area (Å²) in [6, 6.07) is 5.71. The van der Waals surface area contributed by atoms with Crippen molar-refractivity contribution in [3.63, 3.8) is 0 Å². The molecule has 4 heteroatoms. The number of hydrogen-bond acceptors (Lipinski definition) is 3. The number of hydrogen-bond donors (Lipinski definition) is 0. The van der Waals surface area contributed by atoms with Crippen LogP contribution in [0.4, 0.5) is 0 Å². The van der Waals surface area contributed by atoms with Crippen LogP contribution in [0.2, 0.25) is 5.15 Å². The molecule has 0 fully saturated rings. The molecule has 1 heterocycles. The highest BCUT2D eigenvalue weighted by Gasteiger charge is 2.14. The van der Waals surface area contributed by atoms with E-state index in [-0.39, 0.29) is 5.78 Å². The van der Waals surface area contributed by atoms with E-state index < -0.39 is 0 Å². The summed E-state index contributed by atoms with van der Waals surface area (Å²) in [5, 5.41) is 3.92. The van der Waals surface area contributed by atoms with E-state index in [4.69, 9.17) is 16.1 Å². The third-order valence-corrected chi connectivity index (χ3v) is 3.26. The maximum absolute atomic E-state index is 12.3. The number of halogens is 1. The minimum Gasteiger partial charge on any atom is -0.360 e. The Balaban J connectivity index is 2.12. The monoisotopic (exact) mass is 277 g/mol. The zero-order chi connectivity index (χ0) is 14.0. The molecule has 0 atom stereocenters. The van der Waals surface area contributed by atoms with Gasteiger partial charge < -0.3 is 4.52 Å². The van der Waals surface area contributed by atoms with Crippen LogP contribution in [0.15, 0.2) is 22.7 Å². The second-order valence-electron chi connectivity index (χ2n) is 4.81. The number of rotatable bonds is 4. The van der Waals surface area contributed by atoms with Gasteiger partial charge in [-0.05, 0) is 31.9 Å². The average molecular weight is 278 g/mol. The highest BCUT2D eigenvalue weighted by molar-refractivity contribution is 6.29. The molecule has 0 aliphatic rings. The number of nitrogens with zero attached hydrogens (tertiary/aromatic N) is 1. The van der Waals surface area contributed by atoms with Gasteiger partial charge in [-0.3, -0.25) is 4.79 Å². The van der Waals surface area contributed by atoms with Gasteiger partial charge in [-0.15, -0.1) is 0 Å². The zero-order valence-electron chi connectivity index (χ0n) is 11.3. The van der Waals surface area contributed by atoms with E-state index in [1.165, 1.54) is 5.56 Å². The molecule has 0 aliphatic carbocycles. The summed E-state index contributed by atoms with van der Waals surface area (Å²) in [7, 11) is 0. The molecule has 19 heavy (non-hydrogen) atoms. The highest BCUT2D eigenvalue weighted by Crippen LogP contribution is 2.19. The second-order valence-corrected chi connectivity index (χ2v) is 5.20. The van der Waals surface area contributed by atoms with Gasteiger partial charge in [-0.2, -0.15) is 0 Å². The standard InChI is InChI=1S/C15H16ClNO2/c1-9-6-10(2)15(11(3)7-9)13(18)5-4-12-8-14(16)17-19-12/h6-8H,4-5H2,1-3H3. The van der Waals surface area contributed by atoms with Gasteiger partial charge in [0.15, 0.2) is 10.9 Å². The van der Waals surface area contributed by atoms with Crippen molar-refractivity contribution >= 4 is 17.4 Å². The van der Waals surface area contributed by atoms with Gasteiger partial charge in [0.05, 0.1) is 0 Å². The summed E-state index contributed by atoms with van der Waals surface area (Å²) >= 11 is 5.67. The lowest BCUT2D eigenvalue weighted by Crippen LogP contribution is -2.06. The number of aromatic nitrogens is 1. The molecule has 0 N–H and O–H groups in total. The lowest BCUT2D eigenvalue weighted by Gasteiger charge is -2.09. The van der Waals surface area contributed by atoms with Crippen molar-refractivity contribution in [3.8, 4) is 0 Å². The molecule has 1 aromatic heterocycles. The van der Waals surface area contributed by atoms with Crippen molar-refractivity contribution in [2.45, 2.75) is 33.6 Å². The Bertz CT molecular complexity index is 593. The van der Waals surface area contributed by atoms with Crippen molar-refractivity contribution < 1.29 is 9.32 Å². The van der Waals surface area contributed by atoms with E-state index in [0.717, 1.165) is 16.7 Å². The van der Waals surface area contributed by atoms with Crippen LogP contribution >= 0.6 is 11.6 Å². The first-order valence-electron chi connectivity index (χ1n) is 6.19. The maximum Gasteiger partial charge on any atom is 0.172 e. The molecule has 1 aromatic carbocycles. The minimum absolute atomic E-state index is 0.127. The molecule has 3 nitrogen and oxygen atoms in total. The van der Waals surface area contributed by atoms with Crippen LogP contribution in [-0.2, 0) is 6.42 Å². The van der Waals surface area contributed by atoms with E-state index in [1.807, 2.05) is 32.9 Å². The smallest absolute Gasteiger partial charge is 0.172 e. The summed E-state index contributed by atoms with van der Waals surface area (Å²) in [5.74, 6) is 0.767. The molecule has 2 aromatic rings. The van der Waals surface area contributed by atoms with Crippen LogP contribution in [0.1, 0.15) is 39.2 Å². The van der Waals surface area contributed by atoms with Gasteiger partial charge in [-0.1, -0.05) is 34.5 Å². The number of ketones is 1. The number of Topliss-reactive ketones (excluding diaryl/α,β-unsaturated/α-hetero) is 1. The first-order chi connectivity index (χ1) is 8.97. The van der Waals surface area contributed by atoms with Crippen LogP contribution in [0.3, 0.4) is 0 Å². The minimum atomic E-state index is 0.127. The highest BCUT2D eigenvalue weighted by atomic mass is 35.5. The van der Waals surface area contributed by atoms with Gasteiger partial charge >= 0.3 is 0 Å². The second kappa shape index (κ2) is 5.57. The molecule has 0 saturated heterocycles. The Morgan fingerprint density at radius 1 is 1.21 bits per heavy atom. The molecular formula is C15H16ClNO2. The lowest BCUT2D eigenvalue weighted by molar-refractivity contribution is 0.0979. The van der Waals surface area contributed by atoms with E-state index in [9.17, 15) is 4.79 Å². The van der Waals surface area contributed by atoms with Gasteiger partial charge in [0, 0.05) is 24.5 Å². The van der Waals surface area contributed by atoms with Crippen molar-refractivity contribution in [2.75, 3.05) is 0 Å². The molecule has 0 amide bonds. The van der Waals surface area contributed by atoms with E-state index in [0.29, 0.717) is 23.8 Å². The van der Waals surface area contributed by atoms with E-state index in [1.54, 1.807) is 6.07 Å². The number of carbonyl (C=O) groups is 1. The van der Waals surface area contributed by atoms with Gasteiger partial charge in [-0.25, -0.2) is 0 Å². The maximum atomic E-state index is 12.3. The van der Waals surface area contributed by atoms with Gasteiger partial charge in [0.2, 0.25) is 0 Å². The molecule has 100 valence electrons. The molecule has 0 saturated carbocycles.